The molecule has 0 N–H and O–H groups in total. The number of aryl methyl sites for hydroxylation is 2. The zero-order valence-corrected chi connectivity index (χ0v) is 17.5. The van der Waals surface area contributed by atoms with Gasteiger partial charge in [-0.3, -0.25) is 9.59 Å². The lowest BCUT2D eigenvalue weighted by Gasteiger charge is -2.39. The van der Waals surface area contributed by atoms with E-state index in [0.717, 1.165) is 16.7 Å². The molecule has 4 nitrogen and oxygen atoms in total. The van der Waals surface area contributed by atoms with Crippen LogP contribution in [0.1, 0.15) is 39.9 Å². The number of likely N-dealkylation sites (tertiary alicyclic amines) is 1. The number of benzene rings is 2. The van der Waals surface area contributed by atoms with Crippen molar-refractivity contribution in [2.24, 2.45) is 0 Å². The fraction of sp³-hybridized carbons (Fsp3) is 0.364. The third kappa shape index (κ3) is 4.86. The van der Waals surface area contributed by atoms with Crippen molar-refractivity contribution in [3.8, 4) is 0 Å². The average Bonchev–Trinajstić information content (AvgIpc) is 2.64. The number of amides is 1. The summed E-state index contributed by atoms with van der Waals surface area (Å²) >= 11 is 12.2. The van der Waals surface area contributed by atoms with Crippen LogP contribution in [0.5, 0.6) is 0 Å². The maximum Gasteiger partial charge on any atom is 0.293 e. The molecule has 1 aliphatic rings. The lowest BCUT2D eigenvalue weighted by Crippen LogP contribution is -2.49. The standard InChI is InChI=1S/C22H23Cl2NO3/c1-14-7-15(2)9-17(8-14)22(27)25-6-5-19(28-13-26)12-18(25)10-16-3-4-20(23)21(24)11-16/h3-4,7-9,11,13,18-19H,5-6,10,12H2,1-2H3/t18-,19+/m1/s1. The van der Waals surface area contributed by atoms with Crippen molar-refractivity contribution < 1.29 is 14.3 Å². The van der Waals surface area contributed by atoms with E-state index >= 15 is 0 Å². The van der Waals surface area contributed by atoms with Gasteiger partial charge in [-0.25, -0.2) is 0 Å². The molecule has 148 valence electrons. The van der Waals surface area contributed by atoms with E-state index in [0.29, 0.717) is 47.9 Å². The van der Waals surface area contributed by atoms with Crippen LogP contribution in [0.4, 0.5) is 0 Å². The van der Waals surface area contributed by atoms with Crippen LogP contribution in [0.25, 0.3) is 0 Å². The van der Waals surface area contributed by atoms with E-state index in [9.17, 15) is 9.59 Å². The monoisotopic (exact) mass is 419 g/mol. The first-order chi connectivity index (χ1) is 13.4. The molecule has 0 saturated carbocycles. The molecule has 1 aliphatic heterocycles. The number of carbonyl (C=O) groups excluding carboxylic acids is 2. The number of nitrogens with zero attached hydrogens (tertiary/aromatic N) is 1. The molecule has 1 amide bonds. The Bertz CT molecular complexity index is 864. The Morgan fingerprint density at radius 1 is 1.14 bits per heavy atom. The predicted molar refractivity (Wildman–Crippen MR) is 111 cm³/mol. The smallest absolute Gasteiger partial charge is 0.293 e. The van der Waals surface area contributed by atoms with Gasteiger partial charge in [-0.15, -0.1) is 0 Å². The second kappa shape index (κ2) is 8.97. The maximum absolute atomic E-state index is 13.3. The summed E-state index contributed by atoms with van der Waals surface area (Å²) < 4.78 is 5.20. The van der Waals surface area contributed by atoms with Crippen LogP contribution in [-0.4, -0.2) is 36.0 Å². The van der Waals surface area contributed by atoms with Crippen LogP contribution in [0, 0.1) is 13.8 Å². The van der Waals surface area contributed by atoms with Crippen molar-refractivity contribution in [2.75, 3.05) is 6.54 Å². The lowest BCUT2D eigenvalue weighted by atomic mass is 9.92. The minimum absolute atomic E-state index is 0.00131. The Labute approximate surface area is 175 Å². The largest absolute Gasteiger partial charge is 0.464 e. The molecule has 0 aliphatic carbocycles. The van der Waals surface area contributed by atoms with Crippen LogP contribution in [0.2, 0.25) is 10.0 Å². The van der Waals surface area contributed by atoms with Crippen LogP contribution in [0.3, 0.4) is 0 Å². The van der Waals surface area contributed by atoms with E-state index in [1.54, 1.807) is 6.07 Å². The number of rotatable bonds is 5. The van der Waals surface area contributed by atoms with Crippen LogP contribution in [-0.2, 0) is 16.0 Å². The summed E-state index contributed by atoms with van der Waals surface area (Å²) in [4.78, 5) is 25.9. The lowest BCUT2D eigenvalue weighted by molar-refractivity contribution is -0.136. The van der Waals surface area contributed by atoms with E-state index < -0.39 is 0 Å². The van der Waals surface area contributed by atoms with E-state index in [1.807, 2.05) is 49.1 Å². The van der Waals surface area contributed by atoms with Gasteiger partial charge in [-0.2, -0.15) is 0 Å². The predicted octanol–water partition coefficient (Wildman–Crippen LogP) is 5.00. The first-order valence-corrected chi connectivity index (χ1v) is 10.0. The Balaban J connectivity index is 1.86. The SMILES string of the molecule is Cc1cc(C)cc(C(=O)N2CC[C@H](OC=O)C[C@H]2Cc2ccc(Cl)c(Cl)c2)c1. The zero-order valence-electron chi connectivity index (χ0n) is 16.0. The summed E-state index contributed by atoms with van der Waals surface area (Å²) in [6, 6.07) is 11.3. The van der Waals surface area contributed by atoms with Crippen molar-refractivity contribution in [3.63, 3.8) is 0 Å². The van der Waals surface area contributed by atoms with Crippen molar-refractivity contribution in [1.82, 2.24) is 4.90 Å². The third-order valence-corrected chi connectivity index (χ3v) is 5.84. The summed E-state index contributed by atoms with van der Waals surface area (Å²) in [5.74, 6) is 0.00131. The summed E-state index contributed by atoms with van der Waals surface area (Å²) in [5.41, 5.74) is 3.79. The fourth-order valence-corrected chi connectivity index (χ4v) is 4.20. The van der Waals surface area contributed by atoms with Gasteiger partial charge < -0.3 is 9.64 Å². The number of ether oxygens (including phenoxy) is 1. The minimum atomic E-state index is -0.187. The number of hydrogen-bond acceptors (Lipinski definition) is 3. The van der Waals surface area contributed by atoms with Gasteiger partial charge in [0.2, 0.25) is 0 Å². The summed E-state index contributed by atoms with van der Waals surface area (Å²) in [7, 11) is 0. The van der Waals surface area contributed by atoms with Gasteiger partial charge in [0.15, 0.2) is 0 Å². The second-order valence-corrected chi connectivity index (χ2v) is 8.17. The van der Waals surface area contributed by atoms with Crippen molar-refractivity contribution >= 4 is 35.6 Å². The normalized spacial score (nSPS) is 19.4. The molecule has 0 unspecified atom stereocenters. The van der Waals surface area contributed by atoms with Gasteiger partial charge in [0.05, 0.1) is 10.0 Å². The Morgan fingerprint density at radius 2 is 1.86 bits per heavy atom. The van der Waals surface area contributed by atoms with Gasteiger partial charge in [0, 0.05) is 31.0 Å². The molecule has 3 rings (SSSR count). The van der Waals surface area contributed by atoms with E-state index in [4.69, 9.17) is 27.9 Å². The van der Waals surface area contributed by atoms with E-state index in [-0.39, 0.29) is 18.1 Å². The van der Waals surface area contributed by atoms with Crippen molar-refractivity contribution in [3.05, 3.63) is 68.7 Å². The molecule has 1 saturated heterocycles. The molecule has 6 heteroatoms. The highest BCUT2D eigenvalue weighted by molar-refractivity contribution is 6.42. The van der Waals surface area contributed by atoms with Crippen LogP contribution in [0.15, 0.2) is 36.4 Å². The number of hydrogen-bond donors (Lipinski definition) is 0. The van der Waals surface area contributed by atoms with Crippen molar-refractivity contribution in [2.45, 2.75) is 45.3 Å². The summed E-state index contributed by atoms with van der Waals surface area (Å²) in [5, 5.41) is 0.988. The summed E-state index contributed by atoms with van der Waals surface area (Å²) in [6.07, 6.45) is 1.66. The minimum Gasteiger partial charge on any atom is -0.464 e. The number of carbonyl (C=O) groups is 2. The Hall–Kier alpha value is -2.04. The van der Waals surface area contributed by atoms with Crippen molar-refractivity contribution in [1.29, 1.82) is 0 Å². The topological polar surface area (TPSA) is 46.6 Å². The second-order valence-electron chi connectivity index (χ2n) is 7.36. The van der Waals surface area contributed by atoms with Gasteiger partial charge in [0.1, 0.15) is 6.10 Å². The Kier molecular flexibility index (Phi) is 6.63. The van der Waals surface area contributed by atoms with Crippen LogP contribution >= 0.6 is 23.2 Å². The first kappa shape index (κ1) is 20.7. The van der Waals surface area contributed by atoms with Crippen LogP contribution < -0.4 is 0 Å². The molecule has 0 bridgehead atoms. The quantitative estimate of drug-likeness (QED) is 0.640. The maximum atomic E-state index is 13.3. The number of halogens is 2. The molecular weight excluding hydrogens is 397 g/mol. The van der Waals surface area contributed by atoms with Gasteiger partial charge in [-0.1, -0.05) is 46.5 Å². The highest BCUT2D eigenvalue weighted by Crippen LogP contribution is 2.28. The molecule has 2 aromatic rings. The number of piperidine rings is 1. The van der Waals surface area contributed by atoms with Gasteiger partial charge in [-0.05, 0) is 50.1 Å². The third-order valence-electron chi connectivity index (χ3n) is 5.10. The molecule has 0 radical (unpaired) electrons. The van der Waals surface area contributed by atoms with E-state index in [2.05, 4.69) is 0 Å². The molecule has 0 spiro atoms. The molecule has 28 heavy (non-hydrogen) atoms. The average molecular weight is 420 g/mol. The first-order valence-electron chi connectivity index (χ1n) is 9.29. The Morgan fingerprint density at radius 3 is 2.50 bits per heavy atom. The highest BCUT2D eigenvalue weighted by atomic mass is 35.5. The molecule has 2 aromatic carbocycles. The molecule has 1 fully saturated rings. The highest BCUT2D eigenvalue weighted by Gasteiger charge is 2.33. The molecule has 1 heterocycles. The zero-order chi connectivity index (χ0) is 20.3. The van der Waals surface area contributed by atoms with E-state index in [1.165, 1.54) is 0 Å². The molecule has 2 atom stereocenters. The van der Waals surface area contributed by atoms with Gasteiger partial charge in [0.25, 0.3) is 12.4 Å². The molecular formula is C22H23Cl2NO3. The molecule has 0 aromatic heterocycles. The summed E-state index contributed by atoms with van der Waals surface area (Å²) in [6.45, 7) is 5.00. The fourth-order valence-electron chi connectivity index (χ4n) is 3.88. The van der Waals surface area contributed by atoms with Gasteiger partial charge >= 0.3 is 0 Å².